The number of nitro benzene ring substituents is 1. The number of nitrogens with one attached hydrogen (secondary N) is 1. The van der Waals surface area contributed by atoms with Crippen LogP contribution in [-0.2, 0) is 32.6 Å². The van der Waals surface area contributed by atoms with Crippen LogP contribution in [0, 0.1) is 24.0 Å². The Kier molecular flexibility index (Phi) is 10.1. The van der Waals surface area contributed by atoms with E-state index in [9.17, 15) is 28.1 Å². The van der Waals surface area contributed by atoms with Gasteiger partial charge in [0.15, 0.2) is 0 Å². The van der Waals surface area contributed by atoms with Crippen LogP contribution < -0.4 is 9.62 Å². The molecule has 42 heavy (non-hydrogen) atoms. The van der Waals surface area contributed by atoms with Gasteiger partial charge in [-0.1, -0.05) is 66.2 Å². The lowest BCUT2D eigenvalue weighted by Crippen LogP contribution is -2.56. The molecule has 0 fully saturated rings. The first kappa shape index (κ1) is 32.3. The minimum absolute atomic E-state index is 0.0223. The molecule has 0 aliphatic heterocycles. The van der Waals surface area contributed by atoms with E-state index in [1.165, 1.54) is 17.0 Å². The summed E-state index contributed by atoms with van der Waals surface area (Å²) >= 11 is 0. The van der Waals surface area contributed by atoms with E-state index in [-0.39, 0.29) is 30.2 Å². The van der Waals surface area contributed by atoms with Crippen molar-refractivity contribution in [2.75, 3.05) is 17.1 Å². The third-order valence-electron chi connectivity index (χ3n) is 6.59. The van der Waals surface area contributed by atoms with Gasteiger partial charge < -0.3 is 10.2 Å². The molecular weight excluding hydrogens is 556 g/mol. The zero-order valence-corrected chi connectivity index (χ0v) is 25.6. The van der Waals surface area contributed by atoms with E-state index in [2.05, 4.69) is 5.32 Å². The third kappa shape index (κ3) is 8.87. The van der Waals surface area contributed by atoms with E-state index in [1.807, 2.05) is 82.3 Å². The standard InChI is InChI=1S/C31H38N4O6S/c1-22-12-15-25(16-13-22)20-33(28(30(37)32-31(3,4)5)18-24-10-8-7-9-11-24)29(36)21-34(42(6,40)41)27-19-26(35(38)39)17-14-23(27)2/h7-17,19,28H,18,20-21H2,1-6H3,(H,32,37)/t28-/m0/s1. The number of benzene rings is 3. The average molecular weight is 595 g/mol. The van der Waals surface area contributed by atoms with Crippen molar-refractivity contribution in [1.29, 1.82) is 0 Å². The predicted octanol–water partition coefficient (Wildman–Crippen LogP) is 4.53. The lowest BCUT2D eigenvalue weighted by atomic mass is 10.0. The number of sulfonamides is 1. The van der Waals surface area contributed by atoms with Gasteiger partial charge in [-0.25, -0.2) is 8.42 Å². The van der Waals surface area contributed by atoms with Crippen molar-refractivity contribution in [1.82, 2.24) is 10.2 Å². The fourth-order valence-corrected chi connectivity index (χ4v) is 5.37. The molecule has 0 saturated carbocycles. The first-order valence-corrected chi connectivity index (χ1v) is 15.3. The van der Waals surface area contributed by atoms with Gasteiger partial charge in [-0.3, -0.25) is 24.0 Å². The SMILES string of the molecule is Cc1ccc(CN(C(=O)CN(c2cc([N+](=O)[O-])ccc2C)S(C)(=O)=O)[C@@H](Cc2ccccc2)C(=O)NC(C)(C)C)cc1. The van der Waals surface area contributed by atoms with Crippen molar-refractivity contribution in [3.05, 3.63) is 105 Å². The summed E-state index contributed by atoms with van der Waals surface area (Å²) < 4.78 is 26.9. The Labute approximate surface area is 247 Å². The first-order chi connectivity index (χ1) is 19.5. The first-order valence-electron chi connectivity index (χ1n) is 13.5. The van der Waals surface area contributed by atoms with Gasteiger partial charge in [0.1, 0.15) is 12.6 Å². The normalized spacial score (nSPS) is 12.3. The molecule has 1 atom stereocenters. The van der Waals surface area contributed by atoms with Crippen LogP contribution in [-0.4, -0.2) is 54.4 Å². The Hall–Kier alpha value is -4.25. The van der Waals surface area contributed by atoms with Crippen LogP contribution in [0.15, 0.2) is 72.8 Å². The molecule has 3 rings (SSSR count). The fourth-order valence-electron chi connectivity index (χ4n) is 4.47. The number of hydrogen-bond donors (Lipinski definition) is 1. The van der Waals surface area contributed by atoms with E-state index in [1.54, 1.807) is 6.92 Å². The summed E-state index contributed by atoms with van der Waals surface area (Å²) in [6, 6.07) is 19.7. The van der Waals surface area contributed by atoms with Gasteiger partial charge in [0.05, 0.1) is 16.9 Å². The summed E-state index contributed by atoms with van der Waals surface area (Å²) in [5.41, 5.74) is 2.16. The monoisotopic (exact) mass is 594 g/mol. The van der Waals surface area contributed by atoms with Crippen LogP contribution in [0.2, 0.25) is 0 Å². The quantitative estimate of drug-likeness (QED) is 0.256. The van der Waals surface area contributed by atoms with Crippen LogP contribution >= 0.6 is 0 Å². The zero-order chi connectivity index (χ0) is 31.2. The highest BCUT2D eigenvalue weighted by atomic mass is 32.2. The minimum Gasteiger partial charge on any atom is -0.350 e. The number of anilines is 1. The summed E-state index contributed by atoms with van der Waals surface area (Å²) in [4.78, 5) is 40.2. The van der Waals surface area contributed by atoms with Gasteiger partial charge in [0.2, 0.25) is 21.8 Å². The van der Waals surface area contributed by atoms with Gasteiger partial charge in [0, 0.05) is 30.6 Å². The van der Waals surface area contributed by atoms with Crippen LogP contribution in [0.25, 0.3) is 0 Å². The fraction of sp³-hybridized carbons (Fsp3) is 0.355. The second-order valence-electron chi connectivity index (χ2n) is 11.4. The molecule has 0 saturated heterocycles. The molecule has 3 aromatic rings. The van der Waals surface area contributed by atoms with Crippen molar-refractivity contribution < 1.29 is 22.9 Å². The number of hydrogen-bond acceptors (Lipinski definition) is 6. The highest BCUT2D eigenvalue weighted by Gasteiger charge is 2.34. The smallest absolute Gasteiger partial charge is 0.271 e. The van der Waals surface area contributed by atoms with E-state index in [0.29, 0.717) is 5.56 Å². The lowest BCUT2D eigenvalue weighted by Gasteiger charge is -2.35. The van der Waals surface area contributed by atoms with Gasteiger partial charge in [0.25, 0.3) is 5.69 Å². The molecule has 10 nitrogen and oxygen atoms in total. The number of nitro groups is 1. The van der Waals surface area contributed by atoms with Gasteiger partial charge in [-0.15, -0.1) is 0 Å². The number of aryl methyl sites for hydroxylation is 2. The highest BCUT2D eigenvalue weighted by molar-refractivity contribution is 7.92. The zero-order valence-electron chi connectivity index (χ0n) is 24.8. The molecule has 0 heterocycles. The lowest BCUT2D eigenvalue weighted by molar-refractivity contribution is -0.384. The Bertz CT molecular complexity index is 1530. The minimum atomic E-state index is -4.06. The molecule has 0 aromatic heterocycles. The van der Waals surface area contributed by atoms with E-state index in [0.717, 1.165) is 33.3 Å². The Morgan fingerprint density at radius 2 is 1.57 bits per heavy atom. The van der Waals surface area contributed by atoms with E-state index < -0.39 is 39.0 Å². The molecule has 1 N–H and O–H groups in total. The van der Waals surface area contributed by atoms with Gasteiger partial charge >= 0.3 is 0 Å². The largest absolute Gasteiger partial charge is 0.350 e. The molecule has 0 spiro atoms. The maximum Gasteiger partial charge on any atom is 0.271 e. The number of non-ortho nitro benzene ring substituents is 1. The molecule has 0 aliphatic rings. The van der Waals surface area contributed by atoms with Gasteiger partial charge in [-0.2, -0.15) is 0 Å². The number of carbonyl (C=O) groups is 2. The predicted molar refractivity (Wildman–Crippen MR) is 164 cm³/mol. The van der Waals surface area contributed by atoms with Crippen molar-refractivity contribution in [3.8, 4) is 0 Å². The molecule has 224 valence electrons. The third-order valence-corrected chi connectivity index (χ3v) is 7.72. The number of nitrogens with zero attached hydrogens (tertiary/aromatic N) is 3. The summed E-state index contributed by atoms with van der Waals surface area (Å²) in [6.07, 6.45) is 1.13. The molecule has 2 amide bonds. The topological polar surface area (TPSA) is 130 Å². The molecular formula is C31H38N4O6S. The highest BCUT2D eigenvalue weighted by Crippen LogP contribution is 2.28. The molecule has 0 unspecified atom stereocenters. The van der Waals surface area contributed by atoms with Gasteiger partial charge in [-0.05, 0) is 51.3 Å². The van der Waals surface area contributed by atoms with Crippen molar-refractivity contribution >= 4 is 33.2 Å². The maximum atomic E-state index is 14.2. The summed E-state index contributed by atoms with van der Waals surface area (Å²) in [6.45, 7) is 8.46. The Morgan fingerprint density at radius 3 is 2.12 bits per heavy atom. The second kappa shape index (κ2) is 13.2. The van der Waals surface area contributed by atoms with Crippen LogP contribution in [0.5, 0.6) is 0 Å². The molecule has 0 aliphatic carbocycles. The molecule has 3 aromatic carbocycles. The summed E-state index contributed by atoms with van der Waals surface area (Å²) in [7, 11) is -4.06. The van der Waals surface area contributed by atoms with Crippen LogP contribution in [0.3, 0.4) is 0 Å². The second-order valence-corrected chi connectivity index (χ2v) is 13.4. The summed E-state index contributed by atoms with van der Waals surface area (Å²) in [5.74, 6) is -1.01. The molecule has 0 bridgehead atoms. The van der Waals surface area contributed by atoms with Crippen molar-refractivity contribution in [3.63, 3.8) is 0 Å². The molecule has 11 heteroatoms. The van der Waals surface area contributed by atoms with Crippen molar-refractivity contribution in [2.45, 2.75) is 59.2 Å². The molecule has 0 radical (unpaired) electrons. The van der Waals surface area contributed by atoms with Crippen molar-refractivity contribution in [2.24, 2.45) is 0 Å². The number of rotatable bonds is 11. The van der Waals surface area contributed by atoms with E-state index in [4.69, 9.17) is 0 Å². The Balaban J connectivity index is 2.12. The van der Waals surface area contributed by atoms with Crippen LogP contribution in [0.1, 0.15) is 43.0 Å². The summed E-state index contributed by atoms with van der Waals surface area (Å²) in [5, 5.41) is 14.4. The van der Waals surface area contributed by atoms with E-state index >= 15 is 0 Å². The van der Waals surface area contributed by atoms with Crippen LogP contribution in [0.4, 0.5) is 11.4 Å². The number of amides is 2. The number of carbonyl (C=O) groups excluding carboxylic acids is 2. The Morgan fingerprint density at radius 1 is 0.952 bits per heavy atom. The average Bonchev–Trinajstić information content (AvgIpc) is 2.89. The maximum absolute atomic E-state index is 14.2.